The molecule has 3 rings (SSSR count). The molecular formula is C16H17ClF2N4. The van der Waals surface area contributed by atoms with Gasteiger partial charge >= 0.3 is 0 Å². The lowest BCUT2D eigenvalue weighted by Gasteiger charge is -2.37. The summed E-state index contributed by atoms with van der Waals surface area (Å²) >= 11 is 6.03. The first kappa shape index (κ1) is 15.9. The molecule has 122 valence electrons. The molecule has 1 fully saturated rings. The lowest BCUT2D eigenvalue weighted by atomic mass is 10.2. The second-order valence-electron chi connectivity index (χ2n) is 5.45. The normalized spacial score (nSPS) is 15.3. The first-order valence-electron chi connectivity index (χ1n) is 7.42. The lowest BCUT2D eigenvalue weighted by molar-refractivity contribution is 0.145. The van der Waals surface area contributed by atoms with Gasteiger partial charge in [0, 0.05) is 43.0 Å². The van der Waals surface area contributed by atoms with Crippen LogP contribution < -0.4 is 9.80 Å². The zero-order valence-corrected chi connectivity index (χ0v) is 13.5. The second-order valence-corrected chi connectivity index (χ2v) is 5.89. The van der Waals surface area contributed by atoms with Crippen LogP contribution in [-0.2, 0) is 0 Å². The van der Waals surface area contributed by atoms with E-state index in [4.69, 9.17) is 11.6 Å². The molecule has 1 aromatic heterocycles. The maximum absolute atomic E-state index is 12.9. The van der Waals surface area contributed by atoms with E-state index in [1.165, 1.54) is 6.07 Å². The highest BCUT2D eigenvalue weighted by molar-refractivity contribution is 6.30. The molecule has 2 heterocycles. The SMILES string of the molecule is Cc1nc(C(F)F)cc(N2CCN(c3cccc(Cl)c3)CC2)n1. The van der Waals surface area contributed by atoms with E-state index in [0.29, 0.717) is 29.8 Å². The van der Waals surface area contributed by atoms with Gasteiger partial charge in [-0.3, -0.25) is 0 Å². The van der Waals surface area contributed by atoms with Crippen LogP contribution in [0.5, 0.6) is 0 Å². The predicted octanol–water partition coefficient (Wildman–Crippen LogP) is 3.70. The Balaban J connectivity index is 1.72. The number of alkyl halides is 2. The molecule has 1 aromatic carbocycles. The number of aryl methyl sites for hydroxylation is 1. The highest BCUT2D eigenvalue weighted by Crippen LogP contribution is 2.24. The third-order valence-electron chi connectivity index (χ3n) is 3.84. The van der Waals surface area contributed by atoms with Crippen LogP contribution in [0.3, 0.4) is 0 Å². The Labute approximate surface area is 138 Å². The molecule has 0 atom stereocenters. The molecule has 0 amide bonds. The van der Waals surface area contributed by atoms with Gasteiger partial charge in [-0.2, -0.15) is 0 Å². The summed E-state index contributed by atoms with van der Waals surface area (Å²) in [5, 5.41) is 0.706. The summed E-state index contributed by atoms with van der Waals surface area (Å²) in [6, 6.07) is 9.10. The van der Waals surface area contributed by atoms with Crippen molar-refractivity contribution in [2.45, 2.75) is 13.3 Å². The lowest BCUT2D eigenvalue weighted by Crippen LogP contribution is -2.47. The molecular weight excluding hydrogens is 322 g/mol. The minimum absolute atomic E-state index is 0.218. The number of nitrogens with zero attached hydrogens (tertiary/aromatic N) is 4. The van der Waals surface area contributed by atoms with Gasteiger partial charge in [-0.25, -0.2) is 18.7 Å². The molecule has 7 heteroatoms. The molecule has 1 aliphatic rings. The molecule has 0 unspecified atom stereocenters. The molecule has 0 N–H and O–H groups in total. The quantitative estimate of drug-likeness (QED) is 0.854. The molecule has 0 saturated carbocycles. The van der Waals surface area contributed by atoms with Crippen molar-refractivity contribution in [3.05, 3.63) is 46.9 Å². The summed E-state index contributed by atoms with van der Waals surface area (Å²) in [7, 11) is 0. The zero-order valence-electron chi connectivity index (χ0n) is 12.7. The van der Waals surface area contributed by atoms with Crippen molar-refractivity contribution in [2.24, 2.45) is 0 Å². The van der Waals surface area contributed by atoms with E-state index in [1.807, 2.05) is 29.2 Å². The molecule has 0 aliphatic carbocycles. The number of halogens is 3. The first-order chi connectivity index (χ1) is 11.0. The zero-order chi connectivity index (χ0) is 16.4. The highest BCUT2D eigenvalue weighted by Gasteiger charge is 2.21. The van der Waals surface area contributed by atoms with Gasteiger partial charge < -0.3 is 9.80 Å². The Morgan fingerprint density at radius 2 is 1.74 bits per heavy atom. The smallest absolute Gasteiger partial charge is 0.280 e. The maximum atomic E-state index is 12.9. The monoisotopic (exact) mass is 338 g/mol. The number of anilines is 2. The number of aromatic nitrogens is 2. The Morgan fingerprint density at radius 1 is 1.04 bits per heavy atom. The average Bonchev–Trinajstić information content (AvgIpc) is 2.54. The van der Waals surface area contributed by atoms with Crippen molar-refractivity contribution in [1.29, 1.82) is 0 Å². The van der Waals surface area contributed by atoms with Crippen LogP contribution >= 0.6 is 11.6 Å². The second kappa shape index (κ2) is 6.66. The van der Waals surface area contributed by atoms with E-state index in [0.717, 1.165) is 18.8 Å². The van der Waals surface area contributed by atoms with Gasteiger partial charge in [-0.1, -0.05) is 17.7 Å². The van der Waals surface area contributed by atoms with Crippen LogP contribution in [0.15, 0.2) is 30.3 Å². The van der Waals surface area contributed by atoms with E-state index in [9.17, 15) is 8.78 Å². The summed E-state index contributed by atoms with van der Waals surface area (Å²) in [4.78, 5) is 12.3. The number of piperazine rings is 1. The molecule has 0 spiro atoms. The summed E-state index contributed by atoms with van der Waals surface area (Å²) in [5.41, 5.74) is 0.856. The number of hydrogen-bond acceptors (Lipinski definition) is 4. The Morgan fingerprint density at radius 3 is 2.39 bits per heavy atom. The highest BCUT2D eigenvalue weighted by atomic mass is 35.5. The van der Waals surface area contributed by atoms with Gasteiger partial charge in [0.25, 0.3) is 6.43 Å². The largest absolute Gasteiger partial charge is 0.368 e. The number of benzene rings is 1. The molecule has 0 radical (unpaired) electrons. The topological polar surface area (TPSA) is 32.3 Å². The van der Waals surface area contributed by atoms with E-state index < -0.39 is 6.43 Å². The van der Waals surface area contributed by atoms with Crippen molar-refractivity contribution in [3.8, 4) is 0 Å². The summed E-state index contributed by atoms with van der Waals surface area (Å²) in [6.45, 7) is 4.63. The standard InChI is InChI=1S/C16H17ClF2N4/c1-11-20-14(16(18)19)10-15(21-11)23-7-5-22(6-8-23)13-4-2-3-12(17)9-13/h2-4,9-10,16H,5-8H2,1H3. The molecule has 0 bridgehead atoms. The number of hydrogen-bond donors (Lipinski definition) is 0. The van der Waals surface area contributed by atoms with Crippen LogP contribution in [-0.4, -0.2) is 36.1 Å². The van der Waals surface area contributed by atoms with Crippen LogP contribution in [0.4, 0.5) is 20.3 Å². The van der Waals surface area contributed by atoms with E-state index in [-0.39, 0.29) is 5.69 Å². The van der Waals surface area contributed by atoms with Gasteiger partial charge in [0.2, 0.25) is 0 Å². The van der Waals surface area contributed by atoms with Crippen molar-refractivity contribution in [1.82, 2.24) is 9.97 Å². The van der Waals surface area contributed by atoms with Crippen molar-refractivity contribution in [3.63, 3.8) is 0 Å². The molecule has 4 nitrogen and oxygen atoms in total. The van der Waals surface area contributed by atoms with Crippen LogP contribution in [0.1, 0.15) is 17.9 Å². The minimum atomic E-state index is -2.58. The fourth-order valence-electron chi connectivity index (χ4n) is 2.71. The van der Waals surface area contributed by atoms with Gasteiger partial charge in [0.05, 0.1) is 0 Å². The Kier molecular flexibility index (Phi) is 4.61. The summed E-state index contributed by atoms with van der Waals surface area (Å²) in [5.74, 6) is 0.939. The van der Waals surface area contributed by atoms with Crippen molar-refractivity contribution < 1.29 is 8.78 Å². The number of rotatable bonds is 3. The fraction of sp³-hybridized carbons (Fsp3) is 0.375. The third kappa shape index (κ3) is 3.69. The average molecular weight is 339 g/mol. The van der Waals surface area contributed by atoms with Crippen LogP contribution in [0.2, 0.25) is 5.02 Å². The summed E-state index contributed by atoms with van der Waals surface area (Å²) in [6.07, 6.45) is -2.58. The van der Waals surface area contributed by atoms with E-state index >= 15 is 0 Å². The van der Waals surface area contributed by atoms with Crippen molar-refractivity contribution in [2.75, 3.05) is 36.0 Å². The minimum Gasteiger partial charge on any atom is -0.368 e. The molecule has 2 aromatic rings. The van der Waals surface area contributed by atoms with Gasteiger partial charge in [0.15, 0.2) is 0 Å². The molecule has 1 aliphatic heterocycles. The van der Waals surface area contributed by atoms with Gasteiger partial charge in [-0.05, 0) is 25.1 Å². The fourth-order valence-corrected chi connectivity index (χ4v) is 2.90. The molecule has 1 saturated heterocycles. The van der Waals surface area contributed by atoms with E-state index in [2.05, 4.69) is 14.9 Å². The summed E-state index contributed by atoms with van der Waals surface area (Å²) < 4.78 is 25.8. The van der Waals surface area contributed by atoms with Crippen LogP contribution in [0, 0.1) is 6.92 Å². The first-order valence-corrected chi connectivity index (χ1v) is 7.80. The van der Waals surface area contributed by atoms with E-state index in [1.54, 1.807) is 6.92 Å². The third-order valence-corrected chi connectivity index (χ3v) is 4.08. The van der Waals surface area contributed by atoms with Crippen LogP contribution in [0.25, 0.3) is 0 Å². The predicted molar refractivity (Wildman–Crippen MR) is 87.6 cm³/mol. The maximum Gasteiger partial charge on any atom is 0.280 e. The van der Waals surface area contributed by atoms with Gasteiger partial charge in [-0.15, -0.1) is 0 Å². The Hall–Kier alpha value is -1.95. The molecule has 23 heavy (non-hydrogen) atoms. The van der Waals surface area contributed by atoms with Crippen molar-refractivity contribution >= 4 is 23.1 Å². The Bertz CT molecular complexity index is 688. The van der Waals surface area contributed by atoms with Gasteiger partial charge in [0.1, 0.15) is 17.3 Å².